The van der Waals surface area contributed by atoms with Crippen LogP contribution in [0.2, 0.25) is 0 Å². The SMILES string of the molecule is O=C(NCc1nnc2ccccn12)c1cccc(S(=O)(=O)N2CCc3ccccc3C2)c1. The summed E-state index contributed by atoms with van der Waals surface area (Å²) in [7, 11) is -3.72. The summed E-state index contributed by atoms with van der Waals surface area (Å²) >= 11 is 0. The molecule has 0 fully saturated rings. The summed E-state index contributed by atoms with van der Waals surface area (Å²) in [6.07, 6.45) is 2.49. The molecule has 0 atom stereocenters. The second-order valence-electron chi connectivity index (χ2n) is 7.61. The molecule has 1 aliphatic heterocycles. The van der Waals surface area contributed by atoms with Gasteiger partial charge >= 0.3 is 0 Å². The molecule has 0 unspecified atom stereocenters. The van der Waals surface area contributed by atoms with Crippen LogP contribution in [0.3, 0.4) is 0 Å². The van der Waals surface area contributed by atoms with Crippen LogP contribution in [0.5, 0.6) is 0 Å². The Morgan fingerprint density at radius 2 is 1.78 bits per heavy atom. The molecule has 3 heterocycles. The standard InChI is InChI=1S/C23H21N5O3S/c29-23(24-15-22-26-25-21-10-3-4-12-28(21)22)18-8-5-9-20(14-18)32(30,31)27-13-11-17-6-1-2-7-19(17)16-27/h1-10,12,14H,11,13,15-16H2,(H,24,29). The number of benzene rings is 2. The number of nitrogens with zero attached hydrogens (tertiary/aromatic N) is 4. The summed E-state index contributed by atoms with van der Waals surface area (Å²) in [6, 6.07) is 19.5. The highest BCUT2D eigenvalue weighted by Crippen LogP contribution is 2.25. The van der Waals surface area contributed by atoms with Gasteiger partial charge in [0.1, 0.15) is 0 Å². The van der Waals surface area contributed by atoms with Gasteiger partial charge in [-0.05, 0) is 47.9 Å². The van der Waals surface area contributed by atoms with E-state index in [2.05, 4.69) is 15.5 Å². The largest absolute Gasteiger partial charge is 0.345 e. The molecule has 0 spiro atoms. The average molecular weight is 448 g/mol. The van der Waals surface area contributed by atoms with E-state index >= 15 is 0 Å². The van der Waals surface area contributed by atoms with Crippen LogP contribution < -0.4 is 5.32 Å². The quantitative estimate of drug-likeness (QED) is 0.507. The van der Waals surface area contributed by atoms with Crippen LogP contribution in [0.1, 0.15) is 27.3 Å². The summed E-state index contributed by atoms with van der Waals surface area (Å²) in [5, 5.41) is 10.9. The Balaban J connectivity index is 1.33. The lowest BCUT2D eigenvalue weighted by Crippen LogP contribution is -2.36. The van der Waals surface area contributed by atoms with Crippen molar-refractivity contribution in [2.45, 2.75) is 24.4 Å². The van der Waals surface area contributed by atoms with E-state index in [0.717, 1.165) is 5.56 Å². The third-order valence-corrected chi connectivity index (χ3v) is 7.46. The number of carbonyl (C=O) groups excluding carboxylic acids is 1. The number of hydrogen-bond donors (Lipinski definition) is 1. The minimum atomic E-state index is -3.72. The second kappa shape index (κ2) is 8.18. The van der Waals surface area contributed by atoms with Crippen molar-refractivity contribution in [3.05, 3.63) is 95.4 Å². The molecule has 4 aromatic rings. The fourth-order valence-corrected chi connectivity index (χ4v) is 5.36. The summed E-state index contributed by atoms with van der Waals surface area (Å²) < 4.78 is 29.7. The fraction of sp³-hybridized carbons (Fsp3) is 0.174. The van der Waals surface area contributed by atoms with Crippen LogP contribution in [0, 0.1) is 0 Å². The highest BCUT2D eigenvalue weighted by Gasteiger charge is 2.28. The zero-order chi connectivity index (χ0) is 22.1. The Kier molecular flexibility index (Phi) is 5.20. The van der Waals surface area contributed by atoms with Crippen molar-refractivity contribution in [3.8, 4) is 0 Å². The molecule has 162 valence electrons. The van der Waals surface area contributed by atoms with Gasteiger partial charge in [0.15, 0.2) is 11.5 Å². The van der Waals surface area contributed by atoms with Gasteiger partial charge in [0.25, 0.3) is 5.91 Å². The Morgan fingerprint density at radius 3 is 2.66 bits per heavy atom. The Morgan fingerprint density at radius 1 is 0.969 bits per heavy atom. The van der Waals surface area contributed by atoms with Crippen LogP contribution in [-0.4, -0.2) is 39.8 Å². The van der Waals surface area contributed by atoms with Crippen molar-refractivity contribution in [2.24, 2.45) is 0 Å². The van der Waals surface area contributed by atoms with Gasteiger partial charge in [0.2, 0.25) is 10.0 Å². The third-order valence-electron chi connectivity index (χ3n) is 5.62. The first-order chi connectivity index (χ1) is 15.5. The molecule has 9 heteroatoms. The van der Waals surface area contributed by atoms with E-state index < -0.39 is 10.0 Å². The summed E-state index contributed by atoms with van der Waals surface area (Å²) in [6.45, 7) is 0.911. The van der Waals surface area contributed by atoms with E-state index in [9.17, 15) is 13.2 Å². The summed E-state index contributed by atoms with van der Waals surface area (Å²) in [4.78, 5) is 12.8. The third kappa shape index (κ3) is 3.76. The summed E-state index contributed by atoms with van der Waals surface area (Å²) in [5.41, 5.74) is 3.15. The molecule has 5 rings (SSSR count). The predicted octanol–water partition coefficient (Wildman–Crippen LogP) is 2.41. The maximum absolute atomic E-state index is 13.2. The monoisotopic (exact) mass is 447 g/mol. The molecule has 32 heavy (non-hydrogen) atoms. The fourth-order valence-electron chi connectivity index (χ4n) is 3.89. The molecular weight excluding hydrogens is 426 g/mol. The Bertz CT molecular complexity index is 1410. The van der Waals surface area contributed by atoms with Crippen LogP contribution >= 0.6 is 0 Å². The van der Waals surface area contributed by atoms with Crippen molar-refractivity contribution < 1.29 is 13.2 Å². The maximum Gasteiger partial charge on any atom is 0.251 e. The number of rotatable bonds is 5. The van der Waals surface area contributed by atoms with Crippen molar-refractivity contribution in [2.75, 3.05) is 6.54 Å². The van der Waals surface area contributed by atoms with Crippen LogP contribution in [0.4, 0.5) is 0 Å². The van der Waals surface area contributed by atoms with Gasteiger partial charge in [0.05, 0.1) is 11.4 Å². The lowest BCUT2D eigenvalue weighted by Gasteiger charge is -2.28. The molecule has 0 aliphatic carbocycles. The number of aromatic nitrogens is 3. The van der Waals surface area contributed by atoms with Crippen molar-refractivity contribution >= 4 is 21.6 Å². The first-order valence-electron chi connectivity index (χ1n) is 10.3. The first-order valence-corrected chi connectivity index (χ1v) is 11.7. The van der Waals surface area contributed by atoms with Crippen LogP contribution in [0.15, 0.2) is 77.8 Å². The molecular formula is C23H21N5O3S. The van der Waals surface area contributed by atoms with E-state index in [4.69, 9.17) is 0 Å². The Labute approximate surface area is 185 Å². The van der Waals surface area contributed by atoms with Gasteiger partial charge in [-0.1, -0.05) is 36.4 Å². The minimum Gasteiger partial charge on any atom is -0.345 e. The van der Waals surface area contributed by atoms with Gasteiger partial charge in [-0.15, -0.1) is 10.2 Å². The molecule has 1 aliphatic rings. The molecule has 0 saturated heterocycles. The van der Waals surface area contributed by atoms with E-state index in [1.165, 1.54) is 22.0 Å². The van der Waals surface area contributed by atoms with E-state index in [1.807, 2.05) is 48.7 Å². The first kappa shape index (κ1) is 20.3. The molecule has 1 amide bonds. The topological polar surface area (TPSA) is 96.7 Å². The van der Waals surface area contributed by atoms with Crippen LogP contribution in [-0.2, 0) is 29.5 Å². The molecule has 2 aromatic heterocycles. The van der Waals surface area contributed by atoms with Crippen LogP contribution in [0.25, 0.3) is 5.65 Å². The van der Waals surface area contributed by atoms with Gasteiger partial charge in [-0.25, -0.2) is 8.42 Å². The number of pyridine rings is 1. The summed E-state index contributed by atoms with van der Waals surface area (Å²) in [5.74, 6) is 0.212. The number of nitrogens with one attached hydrogen (secondary N) is 1. The van der Waals surface area contributed by atoms with Gasteiger partial charge in [-0.3, -0.25) is 9.20 Å². The molecule has 0 saturated carbocycles. The van der Waals surface area contributed by atoms with Gasteiger partial charge < -0.3 is 5.32 Å². The number of sulfonamides is 1. The van der Waals surface area contributed by atoms with E-state index in [0.29, 0.717) is 31.0 Å². The molecule has 2 aromatic carbocycles. The van der Waals surface area contributed by atoms with Crippen molar-refractivity contribution in [1.29, 1.82) is 0 Å². The predicted molar refractivity (Wildman–Crippen MR) is 118 cm³/mol. The van der Waals surface area contributed by atoms with E-state index in [1.54, 1.807) is 16.5 Å². The highest BCUT2D eigenvalue weighted by atomic mass is 32.2. The highest BCUT2D eigenvalue weighted by molar-refractivity contribution is 7.89. The average Bonchev–Trinajstić information content (AvgIpc) is 3.25. The molecule has 8 nitrogen and oxygen atoms in total. The smallest absolute Gasteiger partial charge is 0.251 e. The van der Waals surface area contributed by atoms with Crippen molar-refractivity contribution in [3.63, 3.8) is 0 Å². The molecule has 0 bridgehead atoms. The van der Waals surface area contributed by atoms with E-state index in [-0.39, 0.29) is 22.9 Å². The minimum absolute atomic E-state index is 0.109. The second-order valence-corrected chi connectivity index (χ2v) is 9.55. The number of carbonyl (C=O) groups is 1. The number of hydrogen-bond acceptors (Lipinski definition) is 5. The molecule has 1 N–H and O–H groups in total. The zero-order valence-electron chi connectivity index (χ0n) is 17.2. The van der Waals surface area contributed by atoms with Gasteiger partial charge in [-0.2, -0.15) is 4.31 Å². The lowest BCUT2D eigenvalue weighted by atomic mass is 10.0. The number of fused-ring (bicyclic) bond motifs is 2. The number of amides is 1. The maximum atomic E-state index is 13.2. The Hall–Kier alpha value is -3.56. The van der Waals surface area contributed by atoms with Gasteiger partial charge in [0, 0.05) is 24.8 Å². The van der Waals surface area contributed by atoms with Crippen molar-refractivity contribution in [1.82, 2.24) is 24.2 Å². The zero-order valence-corrected chi connectivity index (χ0v) is 18.0. The normalized spacial score (nSPS) is 14.2. The lowest BCUT2D eigenvalue weighted by molar-refractivity contribution is 0.0949. The molecule has 0 radical (unpaired) electrons.